The second kappa shape index (κ2) is 4.52. The molecule has 0 aliphatic rings. The number of hydrogen-bond acceptors (Lipinski definition) is 2. The predicted molar refractivity (Wildman–Crippen MR) is 76.4 cm³/mol. The van der Waals surface area contributed by atoms with Gasteiger partial charge in [-0.05, 0) is 26.0 Å². The lowest BCUT2D eigenvalue weighted by Gasteiger charge is -1.97. The van der Waals surface area contributed by atoms with Crippen LogP contribution in [-0.4, -0.2) is 11.3 Å². The van der Waals surface area contributed by atoms with Gasteiger partial charge in [-0.25, -0.2) is 8.78 Å². The maximum Gasteiger partial charge on any atom is 0.152 e. The van der Waals surface area contributed by atoms with Crippen molar-refractivity contribution in [3.8, 4) is 11.3 Å². The third kappa shape index (κ3) is 1.86. The zero-order valence-electron chi connectivity index (χ0n) is 10.9. The molecule has 0 saturated carbocycles. The SMILES string of the molecule is Cc1cc(-c2[nH]c3c(F)cc(F)cc3c2C=O)c(C)s1. The van der Waals surface area contributed by atoms with Gasteiger partial charge in [0.25, 0.3) is 0 Å². The first-order chi connectivity index (χ1) is 9.51. The van der Waals surface area contributed by atoms with E-state index in [2.05, 4.69) is 4.98 Å². The van der Waals surface area contributed by atoms with Crippen LogP contribution >= 0.6 is 11.3 Å². The molecular formula is C15H11F2NOS. The van der Waals surface area contributed by atoms with Crippen LogP contribution < -0.4 is 0 Å². The fraction of sp³-hybridized carbons (Fsp3) is 0.133. The van der Waals surface area contributed by atoms with Gasteiger partial charge in [-0.2, -0.15) is 0 Å². The molecular weight excluding hydrogens is 280 g/mol. The molecule has 1 aromatic carbocycles. The van der Waals surface area contributed by atoms with E-state index in [4.69, 9.17) is 0 Å². The molecule has 5 heteroatoms. The van der Waals surface area contributed by atoms with Crippen molar-refractivity contribution in [2.24, 2.45) is 0 Å². The van der Waals surface area contributed by atoms with E-state index in [0.717, 1.165) is 21.4 Å². The van der Waals surface area contributed by atoms with Gasteiger partial charge in [-0.1, -0.05) is 0 Å². The fourth-order valence-electron chi connectivity index (χ4n) is 2.45. The fourth-order valence-corrected chi connectivity index (χ4v) is 3.38. The Morgan fingerprint density at radius 1 is 1.20 bits per heavy atom. The van der Waals surface area contributed by atoms with E-state index < -0.39 is 11.6 Å². The molecule has 20 heavy (non-hydrogen) atoms. The zero-order chi connectivity index (χ0) is 14.4. The van der Waals surface area contributed by atoms with E-state index >= 15 is 0 Å². The lowest BCUT2D eigenvalue weighted by molar-refractivity contribution is 0.112. The van der Waals surface area contributed by atoms with Crippen LogP contribution in [0.25, 0.3) is 22.2 Å². The van der Waals surface area contributed by atoms with Crippen molar-refractivity contribution in [2.45, 2.75) is 13.8 Å². The number of aryl methyl sites for hydroxylation is 2. The van der Waals surface area contributed by atoms with Gasteiger partial charge < -0.3 is 4.98 Å². The summed E-state index contributed by atoms with van der Waals surface area (Å²) in [5, 5.41) is 0.274. The topological polar surface area (TPSA) is 32.9 Å². The van der Waals surface area contributed by atoms with Crippen molar-refractivity contribution >= 4 is 28.5 Å². The Hall–Kier alpha value is -2.01. The van der Waals surface area contributed by atoms with Gasteiger partial charge in [-0.15, -0.1) is 11.3 Å². The molecule has 2 nitrogen and oxygen atoms in total. The number of aromatic nitrogens is 1. The number of benzene rings is 1. The van der Waals surface area contributed by atoms with Crippen LogP contribution in [0.4, 0.5) is 8.78 Å². The summed E-state index contributed by atoms with van der Waals surface area (Å²) in [6.45, 7) is 3.90. The summed E-state index contributed by atoms with van der Waals surface area (Å²) in [5.41, 5.74) is 1.85. The van der Waals surface area contributed by atoms with Crippen LogP contribution in [0.15, 0.2) is 18.2 Å². The standard InChI is InChI=1S/C15H11F2NOS/c1-7-3-10(8(2)20-7)14-12(6-19)11-4-9(16)5-13(17)15(11)18-14/h3-6,18H,1-2H3. The molecule has 102 valence electrons. The normalized spacial score (nSPS) is 11.2. The quantitative estimate of drug-likeness (QED) is 0.687. The van der Waals surface area contributed by atoms with Crippen molar-refractivity contribution in [2.75, 3.05) is 0 Å². The van der Waals surface area contributed by atoms with Crippen molar-refractivity contribution in [3.05, 3.63) is 45.2 Å². The number of carbonyl (C=O) groups excluding carboxylic acids is 1. The lowest BCUT2D eigenvalue weighted by atomic mass is 10.1. The summed E-state index contributed by atoms with van der Waals surface area (Å²) in [4.78, 5) is 16.4. The van der Waals surface area contributed by atoms with E-state index in [1.165, 1.54) is 6.07 Å². The first-order valence-electron chi connectivity index (χ1n) is 6.04. The molecule has 3 rings (SSSR count). The number of nitrogens with one attached hydrogen (secondary N) is 1. The Morgan fingerprint density at radius 3 is 2.55 bits per heavy atom. The largest absolute Gasteiger partial charge is 0.351 e. The van der Waals surface area contributed by atoms with Gasteiger partial charge in [0, 0.05) is 32.3 Å². The molecule has 2 heterocycles. The number of rotatable bonds is 2. The zero-order valence-corrected chi connectivity index (χ0v) is 11.7. The van der Waals surface area contributed by atoms with E-state index in [1.54, 1.807) is 11.3 Å². The van der Waals surface area contributed by atoms with Gasteiger partial charge >= 0.3 is 0 Å². The maximum atomic E-state index is 13.8. The highest BCUT2D eigenvalue weighted by Crippen LogP contribution is 2.36. The molecule has 0 aliphatic carbocycles. The summed E-state index contributed by atoms with van der Waals surface area (Å²) in [5.74, 6) is -1.39. The molecule has 3 aromatic rings. The molecule has 0 unspecified atom stereocenters. The van der Waals surface area contributed by atoms with Crippen LogP contribution in [0.1, 0.15) is 20.1 Å². The second-order valence-corrected chi connectivity index (χ2v) is 6.13. The summed E-state index contributed by atoms with van der Waals surface area (Å²) < 4.78 is 27.2. The first kappa shape index (κ1) is 13.0. The van der Waals surface area contributed by atoms with Gasteiger partial charge in [0.2, 0.25) is 0 Å². The minimum atomic E-state index is -0.695. The highest BCUT2D eigenvalue weighted by molar-refractivity contribution is 7.12. The number of aromatic amines is 1. The minimum Gasteiger partial charge on any atom is -0.351 e. The first-order valence-corrected chi connectivity index (χ1v) is 6.86. The number of thiophene rings is 1. The molecule has 0 spiro atoms. The second-order valence-electron chi connectivity index (χ2n) is 4.67. The van der Waals surface area contributed by atoms with Crippen LogP contribution in [0.3, 0.4) is 0 Å². The average Bonchev–Trinajstić information content (AvgIpc) is 2.89. The van der Waals surface area contributed by atoms with Crippen molar-refractivity contribution in [1.29, 1.82) is 0 Å². The number of H-pyrrole nitrogens is 1. The van der Waals surface area contributed by atoms with Crippen molar-refractivity contribution in [3.63, 3.8) is 0 Å². The third-order valence-corrected chi connectivity index (χ3v) is 4.26. The van der Waals surface area contributed by atoms with Crippen molar-refractivity contribution < 1.29 is 13.6 Å². The molecule has 0 amide bonds. The number of aldehydes is 1. The average molecular weight is 291 g/mol. The Morgan fingerprint density at radius 2 is 1.95 bits per heavy atom. The Balaban J connectivity index is 2.39. The van der Waals surface area contributed by atoms with E-state index in [-0.39, 0.29) is 10.9 Å². The molecule has 2 aromatic heterocycles. The monoisotopic (exact) mass is 291 g/mol. The smallest absolute Gasteiger partial charge is 0.152 e. The Kier molecular flexibility index (Phi) is 2.94. The molecule has 1 N–H and O–H groups in total. The van der Waals surface area contributed by atoms with Gasteiger partial charge in [0.15, 0.2) is 6.29 Å². The third-order valence-electron chi connectivity index (χ3n) is 3.29. The number of fused-ring (bicyclic) bond motifs is 1. The van der Waals surface area contributed by atoms with E-state index in [0.29, 0.717) is 17.5 Å². The Labute approximate surface area is 118 Å². The van der Waals surface area contributed by atoms with Gasteiger partial charge in [-0.3, -0.25) is 4.79 Å². The molecule has 0 aliphatic heterocycles. The molecule has 0 fully saturated rings. The molecule has 0 atom stereocenters. The summed E-state index contributed by atoms with van der Waals surface area (Å²) in [6.07, 6.45) is 0.638. The lowest BCUT2D eigenvalue weighted by Crippen LogP contribution is -1.84. The van der Waals surface area contributed by atoms with Gasteiger partial charge in [0.05, 0.1) is 11.2 Å². The Bertz CT molecular complexity index is 832. The number of hydrogen-bond donors (Lipinski definition) is 1. The summed E-state index contributed by atoms with van der Waals surface area (Å²) >= 11 is 1.60. The van der Waals surface area contributed by atoms with E-state index in [9.17, 15) is 13.6 Å². The number of carbonyl (C=O) groups is 1. The van der Waals surface area contributed by atoms with Crippen LogP contribution in [0.2, 0.25) is 0 Å². The summed E-state index contributed by atoms with van der Waals surface area (Å²) in [7, 11) is 0. The number of halogens is 2. The summed E-state index contributed by atoms with van der Waals surface area (Å²) in [6, 6.07) is 3.92. The molecule has 0 bridgehead atoms. The van der Waals surface area contributed by atoms with Crippen molar-refractivity contribution in [1.82, 2.24) is 4.98 Å². The highest BCUT2D eigenvalue weighted by atomic mass is 32.1. The van der Waals surface area contributed by atoms with Crippen LogP contribution in [0.5, 0.6) is 0 Å². The maximum absolute atomic E-state index is 13.8. The van der Waals surface area contributed by atoms with Crippen LogP contribution in [0, 0.1) is 25.5 Å². The van der Waals surface area contributed by atoms with Gasteiger partial charge in [0.1, 0.15) is 11.6 Å². The minimum absolute atomic E-state index is 0.159. The van der Waals surface area contributed by atoms with Crippen LogP contribution in [-0.2, 0) is 0 Å². The molecule has 0 radical (unpaired) electrons. The highest BCUT2D eigenvalue weighted by Gasteiger charge is 2.18. The van der Waals surface area contributed by atoms with E-state index in [1.807, 2.05) is 19.9 Å². The molecule has 0 saturated heterocycles. The predicted octanol–water partition coefficient (Wildman–Crippen LogP) is 4.60.